The Morgan fingerprint density at radius 1 is 1.10 bits per heavy atom. The SMILES string of the molecule is Cn1c(=O)n(CC(=O)N2CCCCCC2)c(=O)c2cc(S(=O)(=O)NC3CC3)ccc21. The number of sulfonamides is 1. The fraction of sp³-hybridized carbons (Fsp3) is 0.550. The highest BCUT2D eigenvalue weighted by Crippen LogP contribution is 2.23. The highest BCUT2D eigenvalue weighted by Gasteiger charge is 2.28. The fourth-order valence-electron chi connectivity index (χ4n) is 3.85. The number of aryl methyl sites for hydroxylation is 1. The van der Waals surface area contributed by atoms with E-state index < -0.39 is 21.3 Å². The van der Waals surface area contributed by atoms with Crippen molar-refractivity contribution >= 4 is 26.8 Å². The lowest BCUT2D eigenvalue weighted by atomic mass is 10.2. The second kappa shape index (κ2) is 7.99. The molecule has 2 fully saturated rings. The Hall–Kier alpha value is -2.46. The molecular formula is C20H26N4O5S. The van der Waals surface area contributed by atoms with Gasteiger partial charge in [0.25, 0.3) is 5.56 Å². The summed E-state index contributed by atoms with van der Waals surface area (Å²) in [6.45, 7) is 0.895. The summed E-state index contributed by atoms with van der Waals surface area (Å²) in [6, 6.07) is 4.07. The van der Waals surface area contributed by atoms with Crippen molar-refractivity contribution in [2.75, 3.05) is 13.1 Å². The average molecular weight is 435 g/mol. The number of hydrogen-bond donors (Lipinski definition) is 1. The number of carbonyl (C=O) groups excluding carboxylic acids is 1. The summed E-state index contributed by atoms with van der Waals surface area (Å²) in [7, 11) is -2.24. The van der Waals surface area contributed by atoms with E-state index in [1.807, 2.05) is 0 Å². The number of amides is 1. The van der Waals surface area contributed by atoms with E-state index in [0.717, 1.165) is 43.1 Å². The lowest BCUT2D eigenvalue weighted by Gasteiger charge is -2.21. The summed E-state index contributed by atoms with van der Waals surface area (Å²) in [5, 5.41) is 0.0967. The minimum absolute atomic E-state index is 0.0250. The summed E-state index contributed by atoms with van der Waals surface area (Å²) in [6.07, 6.45) is 5.54. The highest BCUT2D eigenvalue weighted by atomic mass is 32.2. The normalized spacial score (nSPS) is 17.8. The van der Waals surface area contributed by atoms with E-state index in [1.165, 1.54) is 29.8 Å². The van der Waals surface area contributed by atoms with Gasteiger partial charge >= 0.3 is 5.69 Å². The van der Waals surface area contributed by atoms with Gasteiger partial charge in [-0.2, -0.15) is 0 Å². The molecule has 0 unspecified atom stereocenters. The lowest BCUT2D eigenvalue weighted by Crippen LogP contribution is -2.44. The molecule has 2 aliphatic rings. The Balaban J connectivity index is 1.73. The number of carbonyl (C=O) groups is 1. The number of nitrogens with one attached hydrogen (secondary N) is 1. The molecule has 1 saturated heterocycles. The molecule has 1 aliphatic heterocycles. The molecular weight excluding hydrogens is 408 g/mol. The van der Waals surface area contributed by atoms with Gasteiger partial charge in [-0.05, 0) is 43.9 Å². The molecule has 1 aromatic carbocycles. The first-order chi connectivity index (χ1) is 14.3. The van der Waals surface area contributed by atoms with Gasteiger partial charge in [0, 0.05) is 26.2 Å². The van der Waals surface area contributed by atoms with E-state index in [4.69, 9.17) is 0 Å². The van der Waals surface area contributed by atoms with Gasteiger partial charge in [-0.25, -0.2) is 17.9 Å². The molecule has 0 bridgehead atoms. The van der Waals surface area contributed by atoms with Crippen LogP contribution >= 0.6 is 0 Å². The van der Waals surface area contributed by atoms with E-state index in [0.29, 0.717) is 18.6 Å². The van der Waals surface area contributed by atoms with Gasteiger partial charge < -0.3 is 4.90 Å². The Morgan fingerprint density at radius 2 is 1.77 bits per heavy atom. The van der Waals surface area contributed by atoms with Gasteiger partial charge in [-0.15, -0.1) is 0 Å². The number of likely N-dealkylation sites (tertiary alicyclic amines) is 1. The summed E-state index contributed by atoms with van der Waals surface area (Å²) in [4.78, 5) is 40.2. The van der Waals surface area contributed by atoms with Crippen molar-refractivity contribution in [3.63, 3.8) is 0 Å². The Morgan fingerprint density at radius 3 is 2.40 bits per heavy atom. The lowest BCUT2D eigenvalue weighted by molar-refractivity contribution is -0.131. The summed E-state index contributed by atoms with van der Waals surface area (Å²) < 4.78 is 29.8. The predicted molar refractivity (Wildman–Crippen MR) is 112 cm³/mol. The van der Waals surface area contributed by atoms with Crippen LogP contribution in [0.15, 0.2) is 32.7 Å². The third-order valence-electron chi connectivity index (χ3n) is 5.78. The van der Waals surface area contributed by atoms with Crippen molar-refractivity contribution in [1.82, 2.24) is 18.8 Å². The standard InChI is InChI=1S/C20H26N4O5S/c1-22-17-9-8-15(30(28,29)21-14-6-7-14)12-16(17)19(26)24(20(22)27)13-18(25)23-10-4-2-3-5-11-23/h8-9,12,14,21H,2-7,10-11,13H2,1H3. The average Bonchev–Trinajstić information content (AvgIpc) is 3.55. The molecule has 4 rings (SSSR count). The van der Waals surface area contributed by atoms with Crippen molar-refractivity contribution in [2.45, 2.75) is 56.0 Å². The van der Waals surface area contributed by atoms with Crippen LogP contribution in [0, 0.1) is 0 Å². The van der Waals surface area contributed by atoms with Crippen LogP contribution in [0.3, 0.4) is 0 Å². The van der Waals surface area contributed by atoms with Gasteiger partial charge in [0.05, 0.1) is 15.8 Å². The van der Waals surface area contributed by atoms with Gasteiger partial charge in [0.1, 0.15) is 6.54 Å². The third-order valence-corrected chi connectivity index (χ3v) is 7.30. The first-order valence-corrected chi connectivity index (χ1v) is 11.8. The number of aromatic nitrogens is 2. The smallest absolute Gasteiger partial charge is 0.331 e. The first kappa shape index (κ1) is 20.8. The van der Waals surface area contributed by atoms with E-state index in [-0.39, 0.29) is 28.8 Å². The quantitative estimate of drug-likeness (QED) is 0.739. The molecule has 30 heavy (non-hydrogen) atoms. The van der Waals surface area contributed by atoms with Crippen LogP contribution < -0.4 is 16.0 Å². The third kappa shape index (κ3) is 4.06. The van der Waals surface area contributed by atoms with Crippen LogP contribution in [0.25, 0.3) is 10.9 Å². The second-order valence-corrected chi connectivity index (χ2v) is 9.82. The van der Waals surface area contributed by atoms with Gasteiger partial charge in [-0.1, -0.05) is 12.8 Å². The minimum Gasteiger partial charge on any atom is -0.341 e. The van der Waals surface area contributed by atoms with Crippen molar-refractivity contribution < 1.29 is 13.2 Å². The molecule has 0 spiro atoms. The number of hydrogen-bond acceptors (Lipinski definition) is 5. The monoisotopic (exact) mass is 434 g/mol. The van der Waals surface area contributed by atoms with Gasteiger partial charge in [0.2, 0.25) is 15.9 Å². The maximum Gasteiger partial charge on any atom is 0.331 e. The summed E-state index contributed by atoms with van der Waals surface area (Å²) in [5.74, 6) is -0.269. The summed E-state index contributed by atoms with van der Waals surface area (Å²) in [5.41, 5.74) is -0.920. The van der Waals surface area contributed by atoms with Crippen molar-refractivity contribution in [2.24, 2.45) is 7.05 Å². The van der Waals surface area contributed by atoms with Crippen LogP contribution in [0.2, 0.25) is 0 Å². The molecule has 1 aromatic heterocycles. The number of fused-ring (bicyclic) bond motifs is 1. The molecule has 162 valence electrons. The Labute approximate surface area is 174 Å². The van der Waals surface area contributed by atoms with Crippen molar-refractivity contribution in [1.29, 1.82) is 0 Å². The molecule has 1 aliphatic carbocycles. The van der Waals surface area contributed by atoms with Crippen molar-refractivity contribution in [3.05, 3.63) is 39.0 Å². The van der Waals surface area contributed by atoms with Crippen LogP contribution in [0.5, 0.6) is 0 Å². The van der Waals surface area contributed by atoms with E-state index in [9.17, 15) is 22.8 Å². The second-order valence-electron chi connectivity index (χ2n) is 8.10. The maximum absolute atomic E-state index is 13.1. The largest absolute Gasteiger partial charge is 0.341 e. The molecule has 1 amide bonds. The van der Waals surface area contributed by atoms with Crippen LogP contribution in [0.4, 0.5) is 0 Å². The minimum atomic E-state index is -3.75. The van der Waals surface area contributed by atoms with Gasteiger partial charge in [0.15, 0.2) is 0 Å². The van der Waals surface area contributed by atoms with E-state index in [1.54, 1.807) is 4.90 Å². The molecule has 2 aromatic rings. The summed E-state index contributed by atoms with van der Waals surface area (Å²) >= 11 is 0. The highest BCUT2D eigenvalue weighted by molar-refractivity contribution is 7.89. The fourth-order valence-corrected chi connectivity index (χ4v) is 5.18. The van der Waals surface area contributed by atoms with Gasteiger partial charge in [-0.3, -0.25) is 18.7 Å². The number of benzene rings is 1. The van der Waals surface area contributed by atoms with E-state index >= 15 is 0 Å². The van der Waals surface area contributed by atoms with Crippen LogP contribution in [0.1, 0.15) is 38.5 Å². The Bertz CT molecular complexity index is 1200. The zero-order chi connectivity index (χ0) is 21.5. The van der Waals surface area contributed by atoms with Crippen LogP contribution in [-0.2, 0) is 28.4 Å². The maximum atomic E-state index is 13.1. The van der Waals surface area contributed by atoms with Crippen molar-refractivity contribution in [3.8, 4) is 0 Å². The molecule has 0 atom stereocenters. The topological polar surface area (TPSA) is 110 Å². The number of rotatable bonds is 5. The Kier molecular flexibility index (Phi) is 5.54. The molecule has 0 radical (unpaired) electrons. The van der Waals surface area contributed by atoms with E-state index in [2.05, 4.69) is 4.72 Å². The first-order valence-electron chi connectivity index (χ1n) is 10.3. The van der Waals surface area contributed by atoms with Crippen LogP contribution in [-0.4, -0.2) is 47.5 Å². The molecule has 9 nitrogen and oxygen atoms in total. The molecule has 2 heterocycles. The zero-order valence-corrected chi connectivity index (χ0v) is 17.8. The molecule has 1 N–H and O–H groups in total. The zero-order valence-electron chi connectivity index (χ0n) is 17.0. The number of nitrogens with zero attached hydrogens (tertiary/aromatic N) is 3. The predicted octanol–water partition coefficient (Wildman–Crippen LogP) is 0.544. The molecule has 10 heteroatoms. The molecule has 1 saturated carbocycles.